The molecular formula is C20H25BrO2. The molecule has 0 spiro atoms. The topological polar surface area (TPSA) is 37.3 Å². The Balaban J connectivity index is 1.65. The summed E-state index contributed by atoms with van der Waals surface area (Å²) < 4.78 is 0. The van der Waals surface area contributed by atoms with Gasteiger partial charge in [0.2, 0.25) is 0 Å². The summed E-state index contributed by atoms with van der Waals surface area (Å²) in [7, 11) is 0. The van der Waals surface area contributed by atoms with Crippen LogP contribution in [0.4, 0.5) is 0 Å². The molecule has 124 valence electrons. The zero-order valence-corrected chi connectivity index (χ0v) is 15.4. The second-order valence-corrected chi connectivity index (χ2v) is 8.77. The maximum Gasteiger partial charge on any atom is 0.155 e. The second kappa shape index (κ2) is 5.46. The molecule has 0 aromatic rings. The van der Waals surface area contributed by atoms with Gasteiger partial charge < -0.3 is 5.11 Å². The first-order valence-electron chi connectivity index (χ1n) is 9.07. The Kier molecular flexibility index (Phi) is 3.78. The maximum atomic E-state index is 11.7. The Labute approximate surface area is 147 Å². The molecule has 0 heterocycles. The molecule has 0 aliphatic heterocycles. The summed E-state index contributed by atoms with van der Waals surface area (Å²) in [6.07, 6.45) is 10.2. The molecule has 2 nitrogen and oxygen atoms in total. The summed E-state index contributed by atoms with van der Waals surface area (Å²) in [5.74, 6) is 6.06. The molecule has 0 amide bonds. The van der Waals surface area contributed by atoms with E-state index < -0.39 is 5.60 Å². The lowest BCUT2D eigenvalue weighted by Crippen LogP contribution is -2.52. The minimum absolute atomic E-state index is 0.0688. The Bertz CT molecular complexity index is 627. The number of rotatable bonds is 0. The molecule has 3 heteroatoms. The third-order valence-electron chi connectivity index (χ3n) is 7.71. The number of halogens is 1. The van der Waals surface area contributed by atoms with Crippen LogP contribution in [-0.2, 0) is 4.79 Å². The third kappa shape index (κ3) is 2.21. The molecule has 0 unspecified atom stereocenters. The number of carbonyl (C=O) groups is 1. The van der Waals surface area contributed by atoms with Crippen molar-refractivity contribution < 1.29 is 9.90 Å². The summed E-state index contributed by atoms with van der Waals surface area (Å²) in [4.78, 5) is 14.5. The van der Waals surface area contributed by atoms with Crippen molar-refractivity contribution in [1.29, 1.82) is 0 Å². The molecule has 3 saturated carbocycles. The van der Waals surface area contributed by atoms with Gasteiger partial charge in [-0.05, 0) is 79.5 Å². The minimum Gasteiger partial charge on any atom is -0.377 e. The van der Waals surface area contributed by atoms with E-state index in [2.05, 4.69) is 33.6 Å². The van der Waals surface area contributed by atoms with Gasteiger partial charge in [-0.1, -0.05) is 18.4 Å². The normalized spacial score (nSPS) is 48.5. The molecule has 3 fully saturated rings. The molecule has 0 bridgehead atoms. The van der Waals surface area contributed by atoms with Crippen molar-refractivity contribution in [2.24, 2.45) is 29.1 Å². The van der Waals surface area contributed by atoms with Crippen molar-refractivity contribution in [1.82, 2.24) is 0 Å². The first-order valence-corrected chi connectivity index (χ1v) is 9.86. The van der Waals surface area contributed by atoms with Crippen LogP contribution in [0, 0.1) is 39.8 Å². The van der Waals surface area contributed by atoms with Crippen molar-refractivity contribution in [3.05, 3.63) is 11.6 Å². The van der Waals surface area contributed by atoms with Gasteiger partial charge in [-0.15, -0.1) is 0 Å². The van der Waals surface area contributed by atoms with Crippen molar-refractivity contribution in [2.45, 2.75) is 63.9 Å². The standard InChI is InChI=1S/C20H25BrO2/c1-19-8-6-16-15-5-3-14(22)12-13(15)2-4-17(16)18(19)7-9-20(19,23)10-11-21/h12,15-18,23H,2-9H2,1H3/t15-,16+,17+,18-,19-,20+/m0/s1. The van der Waals surface area contributed by atoms with Crippen molar-refractivity contribution in [3.8, 4) is 10.8 Å². The average molecular weight is 377 g/mol. The highest BCUT2D eigenvalue weighted by Crippen LogP contribution is 2.64. The van der Waals surface area contributed by atoms with Gasteiger partial charge in [-0.3, -0.25) is 4.79 Å². The quantitative estimate of drug-likeness (QED) is 0.642. The lowest BCUT2D eigenvalue weighted by molar-refractivity contribution is -0.116. The van der Waals surface area contributed by atoms with E-state index in [1.54, 1.807) is 0 Å². The summed E-state index contributed by atoms with van der Waals surface area (Å²) in [5.41, 5.74) is 0.533. The summed E-state index contributed by atoms with van der Waals surface area (Å²) in [6.45, 7) is 2.27. The largest absolute Gasteiger partial charge is 0.377 e. The SMILES string of the molecule is C[C@]12CC[C@H]3[C@@H](CCC4=CC(=O)CC[C@@H]43)[C@@H]1CC[C@@]2(O)C#CBr. The highest BCUT2D eigenvalue weighted by molar-refractivity contribution is 9.12. The Morgan fingerprint density at radius 2 is 2.00 bits per heavy atom. The molecule has 0 saturated heterocycles. The van der Waals surface area contributed by atoms with Crippen LogP contribution < -0.4 is 0 Å². The van der Waals surface area contributed by atoms with Crippen LogP contribution in [-0.4, -0.2) is 16.5 Å². The van der Waals surface area contributed by atoms with E-state index in [0.29, 0.717) is 23.5 Å². The molecule has 4 rings (SSSR count). The maximum absolute atomic E-state index is 11.7. The molecule has 0 radical (unpaired) electrons. The monoisotopic (exact) mass is 376 g/mol. The Morgan fingerprint density at radius 1 is 1.17 bits per heavy atom. The molecule has 6 atom stereocenters. The number of allylic oxidation sites excluding steroid dienone is 1. The Hall–Kier alpha value is -0.590. The molecule has 4 aliphatic rings. The van der Waals surface area contributed by atoms with Crippen molar-refractivity contribution >= 4 is 21.7 Å². The van der Waals surface area contributed by atoms with Crippen LogP contribution in [0.1, 0.15) is 58.3 Å². The van der Waals surface area contributed by atoms with E-state index >= 15 is 0 Å². The van der Waals surface area contributed by atoms with E-state index in [1.807, 2.05) is 6.08 Å². The zero-order chi connectivity index (χ0) is 16.2. The van der Waals surface area contributed by atoms with Gasteiger partial charge >= 0.3 is 0 Å². The molecular weight excluding hydrogens is 352 g/mol. The number of hydrogen-bond acceptors (Lipinski definition) is 2. The molecule has 0 aromatic carbocycles. The number of aliphatic hydroxyl groups is 1. The molecule has 0 aromatic heterocycles. The van der Waals surface area contributed by atoms with E-state index in [0.717, 1.165) is 44.4 Å². The van der Waals surface area contributed by atoms with Crippen LogP contribution in [0.15, 0.2) is 11.6 Å². The number of carbonyl (C=O) groups excluding carboxylic acids is 1. The van der Waals surface area contributed by atoms with Gasteiger partial charge in [0.1, 0.15) is 5.60 Å². The molecule has 23 heavy (non-hydrogen) atoms. The number of hydrogen-bond donors (Lipinski definition) is 1. The lowest BCUT2D eigenvalue weighted by Gasteiger charge is -2.54. The van der Waals surface area contributed by atoms with Crippen LogP contribution in [0.5, 0.6) is 0 Å². The van der Waals surface area contributed by atoms with Crippen molar-refractivity contribution in [3.63, 3.8) is 0 Å². The van der Waals surface area contributed by atoms with Crippen LogP contribution >= 0.6 is 15.9 Å². The van der Waals surface area contributed by atoms with E-state index in [-0.39, 0.29) is 5.41 Å². The summed E-state index contributed by atoms with van der Waals surface area (Å²) in [5, 5.41) is 11.1. The van der Waals surface area contributed by atoms with Crippen LogP contribution in [0.25, 0.3) is 0 Å². The average Bonchev–Trinajstić information content (AvgIpc) is 2.79. The zero-order valence-electron chi connectivity index (χ0n) is 13.8. The van der Waals surface area contributed by atoms with Gasteiger partial charge in [-0.2, -0.15) is 0 Å². The van der Waals surface area contributed by atoms with Gasteiger partial charge in [-0.25, -0.2) is 0 Å². The van der Waals surface area contributed by atoms with E-state index in [9.17, 15) is 9.90 Å². The van der Waals surface area contributed by atoms with Crippen molar-refractivity contribution in [2.75, 3.05) is 0 Å². The number of fused-ring (bicyclic) bond motifs is 5. The fourth-order valence-electron chi connectivity index (χ4n) is 6.48. The van der Waals surface area contributed by atoms with Gasteiger partial charge in [0.05, 0.1) is 0 Å². The molecule has 4 aliphatic carbocycles. The smallest absolute Gasteiger partial charge is 0.155 e. The van der Waals surface area contributed by atoms with Crippen LogP contribution in [0.3, 0.4) is 0 Å². The first kappa shape index (κ1) is 15.9. The minimum atomic E-state index is -0.829. The van der Waals surface area contributed by atoms with Gasteiger partial charge in [0.25, 0.3) is 0 Å². The second-order valence-electron chi connectivity index (χ2n) is 8.38. The first-order chi connectivity index (χ1) is 11.0. The van der Waals surface area contributed by atoms with Crippen LogP contribution in [0.2, 0.25) is 0 Å². The predicted molar refractivity (Wildman–Crippen MR) is 93.7 cm³/mol. The van der Waals surface area contributed by atoms with E-state index in [4.69, 9.17) is 0 Å². The summed E-state index contributed by atoms with van der Waals surface area (Å²) in [6, 6.07) is 0. The highest BCUT2D eigenvalue weighted by Gasteiger charge is 2.62. The van der Waals surface area contributed by atoms with Gasteiger partial charge in [0, 0.05) is 27.8 Å². The van der Waals surface area contributed by atoms with E-state index in [1.165, 1.54) is 18.4 Å². The highest BCUT2D eigenvalue weighted by atomic mass is 79.9. The summed E-state index contributed by atoms with van der Waals surface area (Å²) >= 11 is 3.19. The molecule has 1 N–H and O–H groups in total. The Morgan fingerprint density at radius 3 is 2.78 bits per heavy atom. The lowest BCUT2D eigenvalue weighted by atomic mass is 9.50. The number of ketones is 1. The third-order valence-corrected chi connectivity index (χ3v) is 7.90. The predicted octanol–water partition coefficient (Wildman–Crippen LogP) is 4.22. The fraction of sp³-hybridized carbons (Fsp3) is 0.750. The fourth-order valence-corrected chi connectivity index (χ4v) is 6.81. The van der Waals surface area contributed by atoms with Gasteiger partial charge in [0.15, 0.2) is 5.78 Å².